The minimum absolute atomic E-state index is 0.276. The molecule has 106 valence electrons. The first kappa shape index (κ1) is 15.2. The summed E-state index contributed by atoms with van der Waals surface area (Å²) in [4.78, 5) is 22.8. The highest BCUT2D eigenvalue weighted by Crippen LogP contribution is 2.09. The van der Waals surface area contributed by atoms with Crippen molar-refractivity contribution < 1.29 is 14.7 Å². The van der Waals surface area contributed by atoms with Crippen molar-refractivity contribution in [3.63, 3.8) is 0 Å². The standard InChI is InChI=1S/C13H21N3O3/c1-3-4-5-6-8-14-12(17)11-7-9-15-16(11)10(2)13(18)19/h7,9-10H,3-6,8H2,1-2H3,(H,14,17)(H,18,19). The highest BCUT2D eigenvalue weighted by Gasteiger charge is 2.20. The number of carbonyl (C=O) groups excluding carboxylic acids is 1. The van der Waals surface area contributed by atoms with E-state index in [0.717, 1.165) is 25.7 Å². The quantitative estimate of drug-likeness (QED) is 0.704. The van der Waals surface area contributed by atoms with Gasteiger partial charge < -0.3 is 10.4 Å². The van der Waals surface area contributed by atoms with E-state index in [1.54, 1.807) is 0 Å². The van der Waals surface area contributed by atoms with Crippen LogP contribution in [0.3, 0.4) is 0 Å². The minimum atomic E-state index is -1.01. The van der Waals surface area contributed by atoms with Crippen molar-refractivity contribution in [1.29, 1.82) is 0 Å². The number of aliphatic carboxylic acids is 1. The van der Waals surface area contributed by atoms with Gasteiger partial charge in [0, 0.05) is 12.7 Å². The third-order valence-corrected chi connectivity index (χ3v) is 2.94. The molecule has 0 aromatic carbocycles. The molecule has 0 radical (unpaired) electrons. The molecule has 19 heavy (non-hydrogen) atoms. The molecule has 0 bridgehead atoms. The van der Waals surface area contributed by atoms with Crippen LogP contribution in [0.2, 0.25) is 0 Å². The fourth-order valence-electron chi connectivity index (χ4n) is 1.75. The van der Waals surface area contributed by atoms with Crippen LogP contribution in [0.25, 0.3) is 0 Å². The topological polar surface area (TPSA) is 84.2 Å². The number of hydrogen-bond donors (Lipinski definition) is 2. The van der Waals surface area contributed by atoms with Gasteiger partial charge in [-0.3, -0.25) is 4.79 Å². The normalized spacial score (nSPS) is 12.1. The summed E-state index contributed by atoms with van der Waals surface area (Å²) in [6.45, 7) is 4.23. The van der Waals surface area contributed by atoms with Crippen LogP contribution in [0.1, 0.15) is 56.1 Å². The second-order valence-corrected chi connectivity index (χ2v) is 4.49. The Morgan fingerprint density at radius 3 is 2.79 bits per heavy atom. The van der Waals surface area contributed by atoms with Gasteiger partial charge in [-0.05, 0) is 19.4 Å². The number of nitrogens with one attached hydrogen (secondary N) is 1. The summed E-state index contributed by atoms with van der Waals surface area (Å²) in [7, 11) is 0. The van der Waals surface area contributed by atoms with Gasteiger partial charge in [-0.1, -0.05) is 26.2 Å². The number of carbonyl (C=O) groups is 2. The molecular formula is C13H21N3O3. The molecule has 6 nitrogen and oxygen atoms in total. The molecular weight excluding hydrogens is 246 g/mol. The molecule has 1 rings (SSSR count). The van der Waals surface area contributed by atoms with Crippen LogP contribution in [0.5, 0.6) is 0 Å². The van der Waals surface area contributed by atoms with Crippen molar-refractivity contribution in [3.05, 3.63) is 18.0 Å². The van der Waals surface area contributed by atoms with Crippen molar-refractivity contribution in [1.82, 2.24) is 15.1 Å². The van der Waals surface area contributed by atoms with E-state index in [-0.39, 0.29) is 11.6 Å². The molecule has 0 saturated heterocycles. The Kier molecular flexibility index (Phi) is 6.05. The first-order chi connectivity index (χ1) is 9.07. The zero-order valence-electron chi connectivity index (χ0n) is 11.4. The molecule has 1 amide bonds. The molecule has 2 N–H and O–H groups in total. The molecule has 0 saturated carbocycles. The zero-order valence-corrected chi connectivity index (χ0v) is 11.4. The van der Waals surface area contributed by atoms with Gasteiger partial charge in [-0.2, -0.15) is 5.10 Å². The number of carboxylic acid groups (broad SMARTS) is 1. The fraction of sp³-hybridized carbons (Fsp3) is 0.615. The van der Waals surface area contributed by atoms with Gasteiger partial charge in [0.05, 0.1) is 0 Å². The van der Waals surface area contributed by atoms with Gasteiger partial charge in [0.1, 0.15) is 11.7 Å². The summed E-state index contributed by atoms with van der Waals surface area (Å²) < 4.78 is 1.23. The van der Waals surface area contributed by atoms with Crippen molar-refractivity contribution in [3.8, 4) is 0 Å². The lowest BCUT2D eigenvalue weighted by Crippen LogP contribution is -2.29. The Morgan fingerprint density at radius 1 is 1.42 bits per heavy atom. The van der Waals surface area contributed by atoms with Crippen molar-refractivity contribution in [2.24, 2.45) is 0 Å². The largest absolute Gasteiger partial charge is 0.480 e. The van der Waals surface area contributed by atoms with E-state index in [2.05, 4.69) is 17.3 Å². The summed E-state index contributed by atoms with van der Waals surface area (Å²) in [5, 5.41) is 15.6. The molecule has 1 atom stereocenters. The Hall–Kier alpha value is -1.85. The first-order valence-electron chi connectivity index (χ1n) is 6.62. The molecule has 1 heterocycles. The number of aromatic nitrogens is 2. The second kappa shape index (κ2) is 7.56. The molecule has 6 heteroatoms. The summed E-state index contributed by atoms with van der Waals surface area (Å²) >= 11 is 0. The van der Waals surface area contributed by atoms with E-state index in [9.17, 15) is 9.59 Å². The fourth-order valence-corrected chi connectivity index (χ4v) is 1.75. The average Bonchev–Trinajstić information content (AvgIpc) is 2.86. The molecule has 1 aromatic heterocycles. The monoisotopic (exact) mass is 267 g/mol. The maximum Gasteiger partial charge on any atom is 0.328 e. The van der Waals surface area contributed by atoms with Crippen LogP contribution in [-0.2, 0) is 4.79 Å². The summed E-state index contributed by atoms with van der Waals surface area (Å²) in [6.07, 6.45) is 5.76. The third-order valence-electron chi connectivity index (χ3n) is 2.94. The first-order valence-corrected chi connectivity index (χ1v) is 6.62. The number of carboxylic acids is 1. The molecule has 0 aliphatic heterocycles. The summed E-state index contributed by atoms with van der Waals surface area (Å²) in [6, 6.07) is 0.678. The minimum Gasteiger partial charge on any atom is -0.480 e. The van der Waals surface area contributed by atoms with Crippen LogP contribution in [-0.4, -0.2) is 33.3 Å². The van der Waals surface area contributed by atoms with Gasteiger partial charge in [-0.25, -0.2) is 9.48 Å². The Bertz CT molecular complexity index is 429. The predicted octanol–water partition coefficient (Wildman–Crippen LogP) is 1.84. The van der Waals surface area contributed by atoms with E-state index in [1.165, 1.54) is 23.9 Å². The summed E-state index contributed by atoms with van der Waals surface area (Å²) in [5.74, 6) is -1.29. The van der Waals surface area contributed by atoms with Crippen LogP contribution >= 0.6 is 0 Å². The lowest BCUT2D eigenvalue weighted by Gasteiger charge is -2.11. The van der Waals surface area contributed by atoms with Gasteiger partial charge in [0.15, 0.2) is 0 Å². The molecule has 1 aromatic rings. The average molecular weight is 267 g/mol. The Morgan fingerprint density at radius 2 is 2.16 bits per heavy atom. The number of amides is 1. The van der Waals surface area contributed by atoms with E-state index in [4.69, 9.17) is 5.11 Å². The maximum atomic E-state index is 11.9. The third kappa shape index (κ3) is 4.39. The van der Waals surface area contributed by atoms with E-state index in [0.29, 0.717) is 6.54 Å². The van der Waals surface area contributed by atoms with Crippen molar-refractivity contribution in [2.45, 2.75) is 45.6 Å². The van der Waals surface area contributed by atoms with Gasteiger partial charge in [0.25, 0.3) is 5.91 Å². The Labute approximate surface area is 112 Å². The SMILES string of the molecule is CCCCCCNC(=O)c1ccnn1C(C)C(=O)O. The molecule has 0 aliphatic rings. The zero-order chi connectivity index (χ0) is 14.3. The van der Waals surface area contributed by atoms with Crippen LogP contribution in [0.15, 0.2) is 12.3 Å². The lowest BCUT2D eigenvalue weighted by molar-refractivity contribution is -0.140. The van der Waals surface area contributed by atoms with E-state index in [1.807, 2.05) is 0 Å². The van der Waals surface area contributed by atoms with Gasteiger partial charge in [-0.15, -0.1) is 0 Å². The highest BCUT2D eigenvalue weighted by atomic mass is 16.4. The predicted molar refractivity (Wildman–Crippen MR) is 71.0 cm³/mol. The summed E-state index contributed by atoms with van der Waals surface area (Å²) in [5.41, 5.74) is 0.283. The van der Waals surface area contributed by atoms with E-state index < -0.39 is 12.0 Å². The lowest BCUT2D eigenvalue weighted by atomic mass is 10.2. The van der Waals surface area contributed by atoms with Crippen molar-refractivity contribution in [2.75, 3.05) is 6.54 Å². The van der Waals surface area contributed by atoms with Gasteiger partial charge in [0.2, 0.25) is 0 Å². The van der Waals surface area contributed by atoms with E-state index >= 15 is 0 Å². The number of rotatable bonds is 8. The Balaban J connectivity index is 2.53. The number of nitrogens with zero attached hydrogens (tertiary/aromatic N) is 2. The molecule has 0 spiro atoms. The van der Waals surface area contributed by atoms with Gasteiger partial charge >= 0.3 is 5.97 Å². The van der Waals surface area contributed by atoms with Crippen LogP contribution < -0.4 is 5.32 Å². The maximum absolute atomic E-state index is 11.9. The van der Waals surface area contributed by atoms with Crippen LogP contribution in [0, 0.1) is 0 Å². The second-order valence-electron chi connectivity index (χ2n) is 4.49. The number of hydrogen-bond acceptors (Lipinski definition) is 3. The van der Waals surface area contributed by atoms with Crippen molar-refractivity contribution >= 4 is 11.9 Å². The molecule has 0 aliphatic carbocycles. The molecule has 1 unspecified atom stereocenters. The molecule has 0 fully saturated rings. The smallest absolute Gasteiger partial charge is 0.328 e. The number of unbranched alkanes of at least 4 members (excludes halogenated alkanes) is 3. The van der Waals surface area contributed by atoms with Crippen LogP contribution in [0.4, 0.5) is 0 Å². The highest BCUT2D eigenvalue weighted by molar-refractivity contribution is 5.93.